The predicted molar refractivity (Wildman–Crippen MR) is 53.4 cm³/mol. The first kappa shape index (κ1) is 9.60. The van der Waals surface area contributed by atoms with Gasteiger partial charge in [-0.15, -0.1) is 0 Å². The Kier molecular flexibility index (Phi) is 2.34. The number of nitro groups is 1. The second kappa shape index (κ2) is 3.66. The fraction of sp³-hybridized carbons (Fsp3) is 0.222. The van der Waals surface area contributed by atoms with Crippen LogP contribution in [0.1, 0.15) is 5.56 Å². The summed E-state index contributed by atoms with van der Waals surface area (Å²) in [5.41, 5.74) is 1.58. The summed E-state index contributed by atoms with van der Waals surface area (Å²) in [4.78, 5) is 20.6. The zero-order valence-corrected chi connectivity index (χ0v) is 7.77. The van der Waals surface area contributed by atoms with Crippen molar-refractivity contribution in [3.63, 3.8) is 0 Å². The molecule has 0 spiro atoms. The molecule has 1 aromatic rings. The Morgan fingerprint density at radius 3 is 3.00 bits per heavy atom. The van der Waals surface area contributed by atoms with Crippen LogP contribution in [0.3, 0.4) is 0 Å². The second-order valence-corrected chi connectivity index (χ2v) is 3.24. The Hall–Kier alpha value is -1.95. The fourth-order valence-corrected chi connectivity index (χ4v) is 1.49. The van der Waals surface area contributed by atoms with Crippen LogP contribution >= 0.6 is 0 Å². The van der Waals surface area contributed by atoms with Crippen LogP contribution in [-0.4, -0.2) is 17.4 Å². The van der Waals surface area contributed by atoms with Crippen molar-refractivity contribution in [3.8, 4) is 0 Å². The first-order chi connectivity index (χ1) is 7.20. The predicted octanol–water partition coefficient (Wildman–Crippen LogP) is 0.635. The van der Waals surface area contributed by atoms with Crippen molar-refractivity contribution >= 4 is 17.7 Å². The Balaban J connectivity index is 2.34. The first-order valence-electron chi connectivity index (χ1n) is 4.43. The minimum absolute atomic E-state index is 0.0211. The van der Waals surface area contributed by atoms with Crippen LogP contribution in [0.5, 0.6) is 0 Å². The topological polar surface area (TPSA) is 84.3 Å². The van der Waals surface area contributed by atoms with E-state index in [1.54, 1.807) is 6.07 Å². The van der Waals surface area contributed by atoms with E-state index >= 15 is 0 Å². The third-order valence-electron chi connectivity index (χ3n) is 2.26. The molecule has 15 heavy (non-hydrogen) atoms. The van der Waals surface area contributed by atoms with Gasteiger partial charge in [0.1, 0.15) is 6.17 Å². The van der Waals surface area contributed by atoms with Gasteiger partial charge in [0.05, 0.1) is 4.92 Å². The van der Waals surface area contributed by atoms with Crippen molar-refractivity contribution in [2.45, 2.75) is 12.7 Å². The molecule has 1 atom stereocenters. The summed E-state index contributed by atoms with van der Waals surface area (Å²) >= 11 is 0. The highest BCUT2D eigenvalue weighted by Gasteiger charge is 2.18. The number of aldehydes is 1. The lowest BCUT2D eigenvalue weighted by molar-refractivity contribution is -0.384. The number of non-ortho nitro benzene ring substituents is 1. The molecule has 0 aromatic heterocycles. The van der Waals surface area contributed by atoms with Crippen molar-refractivity contribution in [1.29, 1.82) is 0 Å². The Bertz CT molecular complexity index is 419. The molecule has 0 saturated carbocycles. The van der Waals surface area contributed by atoms with Crippen molar-refractivity contribution < 1.29 is 9.72 Å². The summed E-state index contributed by atoms with van der Waals surface area (Å²) in [5.74, 6) is 0. The maximum absolute atomic E-state index is 10.5. The second-order valence-electron chi connectivity index (χ2n) is 3.24. The Morgan fingerprint density at radius 2 is 2.33 bits per heavy atom. The molecule has 0 fully saturated rings. The highest BCUT2D eigenvalue weighted by atomic mass is 16.6. The summed E-state index contributed by atoms with van der Waals surface area (Å²) < 4.78 is 0. The number of benzene rings is 1. The third kappa shape index (κ3) is 1.79. The van der Waals surface area contributed by atoms with Crippen LogP contribution in [0.4, 0.5) is 11.4 Å². The first-order valence-corrected chi connectivity index (χ1v) is 4.43. The highest BCUT2D eigenvalue weighted by molar-refractivity contribution is 5.68. The molecule has 1 heterocycles. The van der Waals surface area contributed by atoms with Crippen LogP contribution in [-0.2, 0) is 11.3 Å². The van der Waals surface area contributed by atoms with E-state index in [0.717, 1.165) is 11.8 Å². The maximum atomic E-state index is 10.5. The lowest BCUT2D eigenvalue weighted by atomic mass is 10.1. The zero-order valence-electron chi connectivity index (χ0n) is 7.77. The van der Waals surface area contributed by atoms with Crippen molar-refractivity contribution in [3.05, 3.63) is 33.9 Å². The maximum Gasteiger partial charge on any atom is 0.271 e. The van der Waals surface area contributed by atoms with E-state index in [1.165, 1.54) is 12.1 Å². The normalized spacial score (nSPS) is 18.8. The van der Waals surface area contributed by atoms with Gasteiger partial charge in [-0.05, 0) is 11.6 Å². The van der Waals surface area contributed by atoms with Crippen molar-refractivity contribution in [1.82, 2.24) is 5.32 Å². The number of nitro benzene ring substituents is 1. The number of hydrogen-bond donors (Lipinski definition) is 2. The molecule has 0 amide bonds. The molecule has 2 N–H and O–H groups in total. The van der Waals surface area contributed by atoms with E-state index < -0.39 is 11.1 Å². The number of carbonyl (C=O) groups is 1. The van der Waals surface area contributed by atoms with Gasteiger partial charge in [-0.2, -0.15) is 0 Å². The summed E-state index contributed by atoms with van der Waals surface area (Å²) in [6.07, 6.45) is 0.251. The molecular formula is C9H9N3O3. The average molecular weight is 207 g/mol. The zero-order chi connectivity index (χ0) is 10.8. The molecule has 6 nitrogen and oxygen atoms in total. The molecule has 2 rings (SSSR count). The van der Waals surface area contributed by atoms with Crippen molar-refractivity contribution in [2.75, 3.05) is 5.32 Å². The van der Waals surface area contributed by atoms with Crippen LogP contribution < -0.4 is 10.6 Å². The van der Waals surface area contributed by atoms with Gasteiger partial charge < -0.3 is 5.32 Å². The number of anilines is 1. The third-order valence-corrected chi connectivity index (χ3v) is 2.26. The lowest BCUT2D eigenvalue weighted by Gasteiger charge is -2.23. The van der Waals surface area contributed by atoms with Gasteiger partial charge in [0.15, 0.2) is 6.29 Å². The molecule has 0 saturated heterocycles. The number of fused-ring (bicyclic) bond motifs is 1. The molecule has 78 valence electrons. The van der Waals surface area contributed by atoms with Gasteiger partial charge >= 0.3 is 0 Å². The van der Waals surface area contributed by atoms with Crippen LogP contribution in [0.2, 0.25) is 0 Å². The fourth-order valence-electron chi connectivity index (χ4n) is 1.49. The van der Waals surface area contributed by atoms with Gasteiger partial charge in [-0.1, -0.05) is 0 Å². The molecule has 0 aliphatic carbocycles. The number of nitrogens with zero attached hydrogens (tertiary/aromatic N) is 1. The largest absolute Gasteiger partial charge is 0.363 e. The van der Waals surface area contributed by atoms with E-state index in [9.17, 15) is 14.9 Å². The summed E-state index contributed by atoms with van der Waals surface area (Å²) in [6, 6.07) is 4.56. The minimum Gasteiger partial charge on any atom is -0.363 e. The summed E-state index contributed by atoms with van der Waals surface area (Å²) in [6.45, 7) is 0.531. The Labute approximate surface area is 85.4 Å². The SMILES string of the molecule is O=CC1NCc2ccc([N+](=O)[O-])cc2N1. The van der Waals surface area contributed by atoms with Gasteiger partial charge in [-0.3, -0.25) is 20.2 Å². The summed E-state index contributed by atoms with van der Waals surface area (Å²) in [5, 5.41) is 16.3. The number of hydrogen-bond acceptors (Lipinski definition) is 5. The molecule has 0 bridgehead atoms. The van der Waals surface area contributed by atoms with E-state index in [2.05, 4.69) is 10.6 Å². The molecule has 1 aliphatic rings. The molecule has 1 aromatic carbocycles. The number of nitrogens with one attached hydrogen (secondary N) is 2. The molecule has 1 aliphatic heterocycles. The molecular weight excluding hydrogens is 198 g/mol. The van der Waals surface area contributed by atoms with Crippen molar-refractivity contribution in [2.24, 2.45) is 0 Å². The highest BCUT2D eigenvalue weighted by Crippen LogP contribution is 2.24. The van der Waals surface area contributed by atoms with Gasteiger partial charge in [0.2, 0.25) is 0 Å². The summed E-state index contributed by atoms with van der Waals surface area (Å²) in [7, 11) is 0. The van der Waals surface area contributed by atoms with E-state index in [4.69, 9.17) is 0 Å². The standard InChI is InChI=1S/C9H9N3O3/c13-5-9-10-4-6-1-2-7(12(14)15)3-8(6)11-9/h1-3,5,9-11H,4H2. The molecule has 6 heteroatoms. The van der Waals surface area contributed by atoms with E-state index in [1.807, 2.05) is 0 Å². The molecule has 1 unspecified atom stereocenters. The molecule has 0 radical (unpaired) electrons. The number of carbonyl (C=O) groups excluding carboxylic acids is 1. The quantitative estimate of drug-likeness (QED) is 0.422. The number of rotatable bonds is 2. The van der Waals surface area contributed by atoms with Crippen LogP contribution in [0.25, 0.3) is 0 Å². The lowest BCUT2D eigenvalue weighted by Crippen LogP contribution is -2.41. The minimum atomic E-state index is -0.473. The average Bonchev–Trinajstić information content (AvgIpc) is 2.27. The van der Waals surface area contributed by atoms with E-state index in [-0.39, 0.29) is 5.69 Å². The monoisotopic (exact) mass is 207 g/mol. The van der Waals surface area contributed by atoms with Gasteiger partial charge in [0.25, 0.3) is 5.69 Å². The van der Waals surface area contributed by atoms with Crippen LogP contribution in [0.15, 0.2) is 18.2 Å². The smallest absolute Gasteiger partial charge is 0.271 e. The Morgan fingerprint density at radius 1 is 1.53 bits per heavy atom. The van der Waals surface area contributed by atoms with Gasteiger partial charge in [-0.25, -0.2) is 0 Å². The van der Waals surface area contributed by atoms with Gasteiger partial charge in [0, 0.05) is 24.4 Å². The van der Waals surface area contributed by atoms with Crippen LogP contribution in [0, 0.1) is 10.1 Å². The van der Waals surface area contributed by atoms with E-state index in [0.29, 0.717) is 12.2 Å².